The van der Waals surface area contributed by atoms with E-state index < -0.39 is 4.92 Å². The number of carbonyl (C=O) groups excluding carboxylic acids is 3. The molecule has 26 heavy (non-hydrogen) atoms. The van der Waals surface area contributed by atoms with Crippen LogP contribution in [-0.4, -0.2) is 64.7 Å². The van der Waals surface area contributed by atoms with Gasteiger partial charge in [-0.25, -0.2) is 4.79 Å². The van der Waals surface area contributed by atoms with Crippen LogP contribution in [0.1, 0.15) is 18.4 Å². The van der Waals surface area contributed by atoms with Crippen LogP contribution >= 0.6 is 15.9 Å². The molecule has 0 aromatic heterocycles. The van der Waals surface area contributed by atoms with Gasteiger partial charge in [0.05, 0.1) is 17.0 Å². The molecule has 9 nitrogen and oxygen atoms in total. The molecule has 4 amide bonds. The van der Waals surface area contributed by atoms with Crippen molar-refractivity contribution in [2.75, 3.05) is 27.2 Å². The van der Waals surface area contributed by atoms with Gasteiger partial charge in [-0.3, -0.25) is 24.6 Å². The Kier molecular flexibility index (Phi) is 6.30. The number of benzene rings is 1. The van der Waals surface area contributed by atoms with Crippen molar-refractivity contribution in [2.24, 2.45) is 0 Å². The summed E-state index contributed by atoms with van der Waals surface area (Å²) in [6.07, 6.45) is 0.480. The van der Waals surface area contributed by atoms with Crippen LogP contribution in [-0.2, 0) is 16.1 Å². The highest BCUT2D eigenvalue weighted by molar-refractivity contribution is 9.10. The summed E-state index contributed by atoms with van der Waals surface area (Å²) in [6.45, 7) is 0.330. The molecule has 1 fully saturated rings. The molecule has 0 saturated carbocycles. The lowest BCUT2D eigenvalue weighted by atomic mass is 10.1. The maximum Gasteiger partial charge on any atom is 0.326 e. The molecule has 10 heteroatoms. The van der Waals surface area contributed by atoms with Gasteiger partial charge in [0.2, 0.25) is 11.8 Å². The van der Waals surface area contributed by atoms with E-state index >= 15 is 0 Å². The second-order valence-electron chi connectivity index (χ2n) is 6.07. The zero-order valence-electron chi connectivity index (χ0n) is 14.5. The number of halogens is 1. The van der Waals surface area contributed by atoms with E-state index in [9.17, 15) is 24.5 Å². The Balaban J connectivity index is 1.90. The highest BCUT2D eigenvalue weighted by atomic mass is 79.9. The molecule has 140 valence electrons. The Labute approximate surface area is 158 Å². The summed E-state index contributed by atoms with van der Waals surface area (Å²) in [5.74, 6) is -0.491. The van der Waals surface area contributed by atoms with Crippen molar-refractivity contribution in [3.8, 4) is 0 Å². The summed E-state index contributed by atoms with van der Waals surface area (Å²) >= 11 is 3.27. The van der Waals surface area contributed by atoms with E-state index in [4.69, 9.17) is 0 Å². The fourth-order valence-electron chi connectivity index (χ4n) is 2.67. The molecule has 0 spiro atoms. The summed E-state index contributed by atoms with van der Waals surface area (Å²) in [4.78, 5) is 50.2. The van der Waals surface area contributed by atoms with Gasteiger partial charge in [-0.05, 0) is 18.6 Å². The first-order valence-electron chi connectivity index (χ1n) is 7.93. The van der Waals surface area contributed by atoms with Crippen molar-refractivity contribution in [3.63, 3.8) is 0 Å². The number of amides is 4. The predicted molar refractivity (Wildman–Crippen MR) is 96.2 cm³/mol. The van der Waals surface area contributed by atoms with Crippen LogP contribution in [0, 0.1) is 10.1 Å². The smallest absolute Gasteiger partial charge is 0.326 e. The van der Waals surface area contributed by atoms with Crippen molar-refractivity contribution >= 4 is 39.5 Å². The van der Waals surface area contributed by atoms with Crippen LogP contribution in [0.15, 0.2) is 22.7 Å². The van der Waals surface area contributed by atoms with Crippen LogP contribution in [0.4, 0.5) is 10.5 Å². The third-order valence-electron chi connectivity index (χ3n) is 4.07. The lowest BCUT2D eigenvalue weighted by Gasteiger charge is -2.18. The summed E-state index contributed by atoms with van der Waals surface area (Å²) in [6, 6.07) is 4.21. The molecular formula is C16H19BrN4O5. The third kappa shape index (κ3) is 4.57. The van der Waals surface area contributed by atoms with Crippen molar-refractivity contribution in [1.29, 1.82) is 0 Å². The molecule has 0 radical (unpaired) electrons. The number of rotatable bonds is 7. The van der Waals surface area contributed by atoms with Gasteiger partial charge in [0.15, 0.2) is 0 Å². The van der Waals surface area contributed by atoms with Gasteiger partial charge in [0.25, 0.3) is 5.69 Å². The van der Waals surface area contributed by atoms with Crippen LogP contribution in [0.2, 0.25) is 0 Å². The first-order chi connectivity index (χ1) is 12.2. The van der Waals surface area contributed by atoms with Gasteiger partial charge >= 0.3 is 6.03 Å². The monoisotopic (exact) mass is 426 g/mol. The maximum atomic E-state index is 12.3. The van der Waals surface area contributed by atoms with E-state index in [1.54, 1.807) is 26.2 Å². The van der Waals surface area contributed by atoms with Crippen molar-refractivity contribution in [1.82, 2.24) is 14.7 Å². The van der Waals surface area contributed by atoms with Gasteiger partial charge in [0.1, 0.15) is 6.54 Å². The quantitative estimate of drug-likeness (QED) is 0.376. The number of likely N-dealkylation sites (N-methyl/N-ethyl adjacent to an activating group) is 1. The number of imide groups is 1. The Hall–Kier alpha value is -2.49. The first-order valence-corrected chi connectivity index (χ1v) is 8.72. The maximum absolute atomic E-state index is 12.3. The second kappa shape index (κ2) is 8.26. The zero-order valence-corrected chi connectivity index (χ0v) is 16.1. The molecule has 1 saturated heterocycles. The van der Waals surface area contributed by atoms with Crippen LogP contribution < -0.4 is 0 Å². The average Bonchev–Trinajstić information content (AvgIpc) is 2.80. The van der Waals surface area contributed by atoms with E-state index in [1.807, 2.05) is 0 Å². The lowest BCUT2D eigenvalue weighted by molar-refractivity contribution is -0.385. The Morgan fingerprint density at radius 1 is 1.38 bits per heavy atom. The molecule has 1 aliphatic heterocycles. The first kappa shape index (κ1) is 19.8. The largest absolute Gasteiger partial charge is 0.341 e. The van der Waals surface area contributed by atoms with E-state index in [0.29, 0.717) is 16.5 Å². The van der Waals surface area contributed by atoms with Gasteiger partial charge in [-0.1, -0.05) is 15.9 Å². The number of carbonyl (C=O) groups is 3. The molecule has 0 bridgehead atoms. The Bertz CT molecular complexity index is 754. The molecule has 1 aromatic carbocycles. The third-order valence-corrected chi connectivity index (χ3v) is 4.57. The molecule has 0 aliphatic carbocycles. The number of nitro groups is 1. The molecule has 0 N–H and O–H groups in total. The summed E-state index contributed by atoms with van der Waals surface area (Å²) in [5, 5.41) is 11.1. The van der Waals surface area contributed by atoms with E-state index in [2.05, 4.69) is 15.9 Å². The minimum Gasteiger partial charge on any atom is -0.341 e. The number of urea groups is 1. The lowest BCUT2D eigenvalue weighted by Crippen LogP contribution is -2.33. The molecule has 0 atom stereocenters. The van der Waals surface area contributed by atoms with E-state index in [0.717, 1.165) is 4.90 Å². The minimum atomic E-state index is -0.485. The normalized spacial score (nSPS) is 14.1. The number of nitro benzene ring substituents is 1. The van der Waals surface area contributed by atoms with Gasteiger partial charge < -0.3 is 9.80 Å². The number of hydrogen-bond donors (Lipinski definition) is 0. The van der Waals surface area contributed by atoms with Gasteiger partial charge in [-0.15, -0.1) is 0 Å². The molecule has 1 heterocycles. The topological polar surface area (TPSA) is 104 Å². The Morgan fingerprint density at radius 2 is 2.08 bits per heavy atom. The van der Waals surface area contributed by atoms with Crippen LogP contribution in [0.25, 0.3) is 0 Å². The summed E-state index contributed by atoms with van der Waals surface area (Å²) < 4.78 is 0.689. The van der Waals surface area contributed by atoms with Crippen molar-refractivity contribution in [2.45, 2.75) is 19.4 Å². The average molecular weight is 427 g/mol. The molecule has 1 aromatic rings. The minimum absolute atomic E-state index is 0.0517. The predicted octanol–water partition coefficient (Wildman–Crippen LogP) is 1.99. The van der Waals surface area contributed by atoms with Gasteiger partial charge in [0, 0.05) is 37.6 Å². The fourth-order valence-corrected chi connectivity index (χ4v) is 3.08. The van der Waals surface area contributed by atoms with Gasteiger partial charge in [-0.2, -0.15) is 0 Å². The zero-order chi connectivity index (χ0) is 19.4. The van der Waals surface area contributed by atoms with E-state index in [-0.39, 0.29) is 49.6 Å². The highest BCUT2D eigenvalue weighted by Gasteiger charge is 2.33. The van der Waals surface area contributed by atoms with E-state index in [1.165, 1.54) is 15.9 Å². The molecule has 2 rings (SSSR count). The standard InChI is InChI=1S/C16H19BrN4O5/c1-18(9-11-8-12(17)5-6-13(11)21(25)26)14(22)4-3-7-20-15(23)10-19(2)16(20)24/h5-6,8H,3-4,7,9-10H2,1-2H3. The Morgan fingerprint density at radius 3 is 2.65 bits per heavy atom. The molecule has 0 unspecified atom stereocenters. The number of hydrogen-bond acceptors (Lipinski definition) is 5. The highest BCUT2D eigenvalue weighted by Crippen LogP contribution is 2.24. The van der Waals surface area contributed by atoms with Crippen LogP contribution in [0.5, 0.6) is 0 Å². The fraction of sp³-hybridized carbons (Fsp3) is 0.438. The molecule has 1 aliphatic rings. The van der Waals surface area contributed by atoms with Crippen LogP contribution in [0.3, 0.4) is 0 Å². The summed E-state index contributed by atoms with van der Waals surface area (Å²) in [5.41, 5.74) is 0.371. The van der Waals surface area contributed by atoms with Crippen molar-refractivity contribution < 1.29 is 19.3 Å². The second-order valence-corrected chi connectivity index (χ2v) is 6.98. The molecular weight excluding hydrogens is 408 g/mol. The SMILES string of the molecule is CN(Cc1cc(Br)ccc1[N+](=O)[O-])C(=O)CCCN1C(=O)CN(C)C1=O. The summed E-state index contributed by atoms with van der Waals surface area (Å²) in [7, 11) is 3.11. The van der Waals surface area contributed by atoms with Crippen molar-refractivity contribution in [3.05, 3.63) is 38.3 Å². The number of nitrogens with zero attached hydrogens (tertiary/aromatic N) is 4.